The second kappa shape index (κ2) is 14.6. The molecule has 0 spiro atoms. The van der Waals surface area contributed by atoms with Crippen LogP contribution in [0.15, 0.2) is 66.7 Å². The molecule has 0 bridgehead atoms. The molecule has 3 aromatic carbocycles. The summed E-state index contributed by atoms with van der Waals surface area (Å²) >= 11 is 0. The number of ether oxygens (including phenoxy) is 3. The van der Waals surface area contributed by atoms with E-state index in [4.69, 9.17) is 19.3 Å². The highest BCUT2D eigenvalue weighted by Gasteiger charge is 2.11. The van der Waals surface area contributed by atoms with Gasteiger partial charge in [-0.05, 0) is 44.2 Å². The first-order valence-corrected chi connectivity index (χ1v) is 11.4. The second-order valence-electron chi connectivity index (χ2n) is 8.11. The lowest BCUT2D eigenvalue weighted by atomic mass is 10.1. The number of aromatic nitrogens is 1. The summed E-state index contributed by atoms with van der Waals surface area (Å²) < 4.78 is 16.9. The molecule has 4 rings (SSSR count). The number of aromatic amines is 1. The summed E-state index contributed by atoms with van der Waals surface area (Å²) in [4.78, 5) is 3.40. The van der Waals surface area contributed by atoms with Gasteiger partial charge in [-0.25, -0.2) is 0 Å². The van der Waals surface area contributed by atoms with Gasteiger partial charge in [-0.15, -0.1) is 17.0 Å². The van der Waals surface area contributed by atoms with Gasteiger partial charge in [-0.3, -0.25) is 0 Å². The van der Waals surface area contributed by atoms with Crippen LogP contribution in [-0.4, -0.2) is 60.8 Å². The van der Waals surface area contributed by atoms with Crippen LogP contribution in [0.3, 0.4) is 0 Å². The third-order valence-electron chi connectivity index (χ3n) is 4.91. The summed E-state index contributed by atoms with van der Waals surface area (Å²) in [6.45, 7) is 5.15. The summed E-state index contributed by atoms with van der Waals surface area (Å²) in [7, 11) is 1.62. The Labute approximate surface area is 216 Å². The highest BCUT2D eigenvalue weighted by Crippen LogP contribution is 2.33. The topological polar surface area (TPSA) is 96.0 Å². The summed E-state index contributed by atoms with van der Waals surface area (Å²) in [6.07, 6.45) is -0.795. The van der Waals surface area contributed by atoms with Gasteiger partial charge in [0.1, 0.15) is 25.1 Å². The van der Waals surface area contributed by atoms with Gasteiger partial charge < -0.3 is 34.7 Å². The van der Waals surface area contributed by atoms with Crippen molar-refractivity contribution < 1.29 is 24.4 Å². The number of aliphatic hydroxyl groups is 2. The van der Waals surface area contributed by atoms with E-state index in [1.54, 1.807) is 21.0 Å². The molecule has 1 heterocycles. The molecular weight excluding hydrogens is 512 g/mol. The number of hydrogen-bond donors (Lipinski definition) is 4. The fraction of sp³-hybridized carbons (Fsp3) is 0.333. The highest BCUT2D eigenvalue weighted by molar-refractivity contribution is 8.93. The quantitative estimate of drug-likeness (QED) is 0.215. The zero-order chi connectivity index (χ0) is 24.3. The van der Waals surface area contributed by atoms with Crippen LogP contribution in [0.1, 0.15) is 13.8 Å². The molecule has 35 heavy (non-hydrogen) atoms. The van der Waals surface area contributed by atoms with E-state index in [0.717, 1.165) is 27.6 Å². The lowest BCUT2D eigenvalue weighted by Crippen LogP contribution is -2.33. The van der Waals surface area contributed by atoms with Gasteiger partial charge >= 0.3 is 0 Å². The number of halogens is 1. The van der Waals surface area contributed by atoms with Crippen molar-refractivity contribution in [2.75, 3.05) is 33.4 Å². The van der Waals surface area contributed by atoms with Crippen LogP contribution < -0.4 is 19.5 Å². The summed E-state index contributed by atoms with van der Waals surface area (Å²) in [5.74, 6) is 2.18. The fourth-order valence-corrected chi connectivity index (χ4v) is 3.47. The third-order valence-corrected chi connectivity index (χ3v) is 4.91. The van der Waals surface area contributed by atoms with Crippen LogP contribution in [0.5, 0.6) is 17.2 Å². The van der Waals surface area contributed by atoms with Crippen LogP contribution in [0.4, 0.5) is 0 Å². The molecule has 0 fully saturated rings. The van der Waals surface area contributed by atoms with Crippen LogP contribution in [0.25, 0.3) is 21.8 Å². The SMILES string of the molecule is Br.CC(C)O.COc1ccccc1OCCNCC(O)COc1cccc2[nH]c3ccccc3c12. The molecule has 7 nitrogen and oxygen atoms in total. The Kier molecular flexibility index (Phi) is 11.9. The molecule has 8 heteroatoms. The normalized spacial score (nSPS) is 11.5. The number of rotatable bonds is 10. The lowest BCUT2D eigenvalue weighted by Gasteiger charge is -2.15. The minimum atomic E-state index is -0.628. The van der Waals surface area contributed by atoms with Crippen molar-refractivity contribution in [1.29, 1.82) is 0 Å². The maximum Gasteiger partial charge on any atom is 0.161 e. The van der Waals surface area contributed by atoms with E-state index < -0.39 is 6.10 Å². The molecule has 0 saturated heterocycles. The maximum atomic E-state index is 10.3. The molecule has 0 saturated carbocycles. The average Bonchev–Trinajstić information content (AvgIpc) is 3.21. The number of hydrogen-bond acceptors (Lipinski definition) is 6. The van der Waals surface area contributed by atoms with Crippen molar-refractivity contribution in [3.8, 4) is 17.2 Å². The van der Waals surface area contributed by atoms with E-state index in [2.05, 4.69) is 16.4 Å². The first kappa shape index (κ1) is 28.5. The van der Waals surface area contributed by atoms with Crippen LogP contribution in [0, 0.1) is 0 Å². The van der Waals surface area contributed by atoms with Crippen LogP contribution >= 0.6 is 17.0 Å². The van der Waals surface area contributed by atoms with E-state index in [9.17, 15) is 5.11 Å². The zero-order valence-corrected chi connectivity index (χ0v) is 22.1. The summed E-state index contributed by atoms with van der Waals surface area (Å²) in [5.41, 5.74) is 2.09. The molecule has 1 aromatic heterocycles. The molecule has 0 aliphatic carbocycles. The lowest BCUT2D eigenvalue weighted by molar-refractivity contribution is 0.106. The number of H-pyrrole nitrogens is 1. The van der Waals surface area contributed by atoms with Crippen molar-refractivity contribution in [1.82, 2.24) is 10.3 Å². The molecular formula is C27H35BrN2O5. The predicted molar refractivity (Wildman–Crippen MR) is 146 cm³/mol. The average molecular weight is 547 g/mol. The molecule has 0 aliphatic rings. The van der Waals surface area contributed by atoms with E-state index in [1.807, 2.05) is 60.7 Å². The molecule has 4 aromatic rings. The Morgan fingerprint density at radius 2 is 1.46 bits per heavy atom. The van der Waals surface area contributed by atoms with Crippen molar-refractivity contribution in [2.45, 2.75) is 26.1 Å². The van der Waals surface area contributed by atoms with Crippen molar-refractivity contribution in [2.24, 2.45) is 0 Å². The predicted octanol–water partition coefficient (Wildman–Crippen LogP) is 4.70. The smallest absolute Gasteiger partial charge is 0.161 e. The van der Waals surface area contributed by atoms with E-state index in [0.29, 0.717) is 31.2 Å². The third kappa shape index (κ3) is 8.43. The number of methoxy groups -OCH3 is 1. The minimum Gasteiger partial charge on any atom is -0.493 e. The first-order valence-electron chi connectivity index (χ1n) is 11.4. The van der Waals surface area contributed by atoms with Gasteiger partial charge in [-0.1, -0.05) is 36.4 Å². The molecule has 0 amide bonds. The monoisotopic (exact) mass is 546 g/mol. The van der Waals surface area contributed by atoms with E-state index in [1.165, 1.54) is 0 Å². The van der Waals surface area contributed by atoms with Gasteiger partial charge in [0.2, 0.25) is 0 Å². The zero-order valence-electron chi connectivity index (χ0n) is 20.4. The highest BCUT2D eigenvalue weighted by atomic mass is 79.9. The molecule has 1 unspecified atom stereocenters. The van der Waals surface area contributed by atoms with Crippen LogP contribution in [0.2, 0.25) is 0 Å². The molecule has 1 atom stereocenters. The summed E-state index contributed by atoms with van der Waals surface area (Å²) in [6, 6.07) is 21.6. The number of nitrogens with one attached hydrogen (secondary N) is 2. The standard InChI is InChI=1S/C24H26N2O4.C3H8O.BrH/c1-28-21-10-4-5-11-22(21)29-14-13-25-15-17(27)16-30-23-12-6-9-20-24(23)18-7-2-3-8-19(18)26-20;1-3(2)4;/h2-12,17,25-27H,13-16H2,1H3;3-4H,1-2H3;1H. The van der Waals surface area contributed by atoms with Gasteiger partial charge in [0.05, 0.1) is 12.6 Å². The van der Waals surface area contributed by atoms with Gasteiger partial charge in [-0.2, -0.15) is 0 Å². The Morgan fingerprint density at radius 3 is 2.20 bits per heavy atom. The van der Waals surface area contributed by atoms with Crippen molar-refractivity contribution >= 4 is 38.8 Å². The largest absolute Gasteiger partial charge is 0.493 e. The first-order chi connectivity index (χ1) is 16.5. The van der Waals surface area contributed by atoms with Gasteiger partial charge in [0.15, 0.2) is 11.5 Å². The maximum absolute atomic E-state index is 10.3. The van der Waals surface area contributed by atoms with Crippen LogP contribution in [-0.2, 0) is 0 Å². The Balaban J connectivity index is 0.000000804. The number of para-hydroxylation sites is 3. The molecule has 0 radical (unpaired) electrons. The van der Waals surface area contributed by atoms with E-state index in [-0.39, 0.29) is 29.7 Å². The molecule has 4 N–H and O–H groups in total. The number of fused-ring (bicyclic) bond motifs is 3. The van der Waals surface area contributed by atoms with Crippen molar-refractivity contribution in [3.63, 3.8) is 0 Å². The van der Waals surface area contributed by atoms with Crippen molar-refractivity contribution in [3.05, 3.63) is 66.7 Å². The Morgan fingerprint density at radius 1 is 0.829 bits per heavy atom. The molecule has 0 aliphatic heterocycles. The second-order valence-corrected chi connectivity index (χ2v) is 8.11. The van der Waals surface area contributed by atoms with Gasteiger partial charge in [0, 0.05) is 35.5 Å². The summed E-state index contributed by atoms with van der Waals surface area (Å²) in [5, 5.41) is 23.7. The Hall–Kier alpha value is -2.78. The minimum absolute atomic E-state index is 0. The number of aliphatic hydroxyl groups excluding tert-OH is 2. The van der Waals surface area contributed by atoms with E-state index >= 15 is 0 Å². The fourth-order valence-electron chi connectivity index (χ4n) is 3.47. The van der Waals surface area contributed by atoms with Gasteiger partial charge in [0.25, 0.3) is 0 Å². The Bertz CT molecular complexity index is 1160. The number of benzene rings is 3. The molecule has 190 valence electrons.